The third-order valence-corrected chi connectivity index (χ3v) is 13.2. The van der Waals surface area contributed by atoms with E-state index in [2.05, 4.69) is 54.5 Å². The summed E-state index contributed by atoms with van der Waals surface area (Å²) < 4.78 is 0. The first-order chi connectivity index (χ1) is 15.3. The van der Waals surface area contributed by atoms with Crippen LogP contribution in [0.1, 0.15) is 106 Å². The van der Waals surface area contributed by atoms with Gasteiger partial charge in [0, 0.05) is 0 Å². The zero-order valence-electron chi connectivity index (χ0n) is 22.2. The second kappa shape index (κ2) is 7.11. The van der Waals surface area contributed by atoms with E-state index in [-0.39, 0.29) is 33.7 Å². The average molecular weight is 457 g/mol. The maximum absolute atomic E-state index is 12.9. The van der Waals surface area contributed by atoms with Crippen LogP contribution in [0.25, 0.3) is 0 Å². The first kappa shape index (κ1) is 23.9. The highest BCUT2D eigenvalue weighted by Crippen LogP contribution is 2.76. The number of hydrogen-bond acceptors (Lipinski definition) is 2. The quantitative estimate of drug-likeness (QED) is 0.436. The number of carboxylic acids is 1. The fraction of sp³-hybridized carbons (Fsp3) is 0.900. The van der Waals surface area contributed by atoms with Crippen molar-refractivity contribution in [3.05, 3.63) is 11.6 Å². The van der Waals surface area contributed by atoms with Crippen molar-refractivity contribution in [3.63, 3.8) is 0 Å². The molecule has 0 bridgehead atoms. The minimum Gasteiger partial charge on any atom is -0.481 e. The van der Waals surface area contributed by atoms with Crippen molar-refractivity contribution in [2.45, 2.75) is 112 Å². The van der Waals surface area contributed by atoms with Crippen LogP contribution in [0.15, 0.2) is 11.6 Å². The van der Waals surface area contributed by atoms with Crippen molar-refractivity contribution in [1.29, 1.82) is 0 Å². The van der Waals surface area contributed by atoms with Crippen molar-refractivity contribution in [3.8, 4) is 0 Å². The molecular formula is C30H48O3. The van der Waals surface area contributed by atoms with E-state index in [9.17, 15) is 15.0 Å². The van der Waals surface area contributed by atoms with Gasteiger partial charge in [0.05, 0.1) is 11.5 Å². The van der Waals surface area contributed by atoms with Crippen LogP contribution < -0.4 is 0 Å². The highest BCUT2D eigenvalue weighted by molar-refractivity contribution is 5.77. The average Bonchev–Trinajstić information content (AvgIpc) is 3.13. The second-order valence-electron chi connectivity index (χ2n) is 14.5. The van der Waals surface area contributed by atoms with Gasteiger partial charge in [-0.25, -0.2) is 0 Å². The topological polar surface area (TPSA) is 57.5 Å². The standard InChI is InChI=1S/C30H48O3/c1-18(2)19-8-9-21-20-10-11-23-27(5)14-13-24(31)26(3,4)22(27)12-15-29(23,7)28(20,6)16-17-30(19,21)25(32)33/h10,18-19,21-24,31H,8-9,11-17H2,1-7H3,(H,32,33). The van der Waals surface area contributed by atoms with Crippen LogP contribution in [0, 0.1) is 56.7 Å². The molecule has 0 aliphatic heterocycles. The van der Waals surface area contributed by atoms with Crippen LogP contribution in [-0.2, 0) is 4.79 Å². The summed E-state index contributed by atoms with van der Waals surface area (Å²) in [6, 6.07) is 0. The van der Waals surface area contributed by atoms with Crippen LogP contribution in [0.4, 0.5) is 0 Å². The van der Waals surface area contributed by atoms with Gasteiger partial charge in [0.15, 0.2) is 0 Å². The molecule has 33 heavy (non-hydrogen) atoms. The van der Waals surface area contributed by atoms with Gasteiger partial charge in [-0.2, -0.15) is 0 Å². The van der Waals surface area contributed by atoms with Gasteiger partial charge >= 0.3 is 5.97 Å². The molecule has 0 aromatic carbocycles. The van der Waals surface area contributed by atoms with Crippen molar-refractivity contribution in [2.75, 3.05) is 0 Å². The number of aliphatic hydroxyl groups is 1. The van der Waals surface area contributed by atoms with Gasteiger partial charge in [-0.15, -0.1) is 0 Å². The molecule has 5 aliphatic carbocycles. The predicted octanol–water partition coefficient (Wildman–Crippen LogP) is 7.09. The summed E-state index contributed by atoms with van der Waals surface area (Å²) in [5, 5.41) is 21.5. The van der Waals surface area contributed by atoms with Crippen molar-refractivity contribution >= 4 is 5.97 Å². The molecule has 186 valence electrons. The van der Waals surface area contributed by atoms with Gasteiger partial charge in [-0.3, -0.25) is 4.79 Å². The SMILES string of the molecule is CC(C)C1CCC2C3=CCC4C5(C)CCC(O)C(C)(C)C5CCC4(C)C3(C)CCC21C(=O)O. The number of carbonyl (C=O) groups is 1. The number of allylic oxidation sites excluding steroid dienone is 2. The molecule has 9 atom stereocenters. The number of aliphatic hydroxyl groups excluding tert-OH is 1. The molecule has 0 amide bonds. The molecule has 3 nitrogen and oxygen atoms in total. The molecule has 2 N–H and O–H groups in total. The lowest BCUT2D eigenvalue weighted by Crippen LogP contribution is -2.64. The number of fused-ring (bicyclic) bond motifs is 7. The largest absolute Gasteiger partial charge is 0.481 e. The zero-order chi connectivity index (χ0) is 24.2. The van der Waals surface area contributed by atoms with E-state index < -0.39 is 11.4 Å². The smallest absolute Gasteiger partial charge is 0.310 e. The maximum Gasteiger partial charge on any atom is 0.310 e. The molecule has 0 heterocycles. The first-order valence-electron chi connectivity index (χ1n) is 13.9. The monoisotopic (exact) mass is 456 g/mol. The van der Waals surface area contributed by atoms with Gasteiger partial charge in [0.25, 0.3) is 0 Å². The lowest BCUT2D eigenvalue weighted by Gasteiger charge is -2.70. The van der Waals surface area contributed by atoms with Gasteiger partial charge in [-0.1, -0.05) is 60.1 Å². The molecule has 0 radical (unpaired) electrons. The van der Waals surface area contributed by atoms with E-state index in [0.717, 1.165) is 44.9 Å². The van der Waals surface area contributed by atoms with Crippen molar-refractivity contribution in [2.24, 2.45) is 56.7 Å². The Morgan fingerprint density at radius 3 is 2.27 bits per heavy atom. The Hall–Kier alpha value is -0.830. The van der Waals surface area contributed by atoms with E-state index in [0.29, 0.717) is 23.7 Å². The molecule has 9 unspecified atom stereocenters. The summed E-state index contributed by atoms with van der Waals surface area (Å²) in [6.07, 6.45) is 11.9. The first-order valence-corrected chi connectivity index (χ1v) is 13.9. The summed E-state index contributed by atoms with van der Waals surface area (Å²) in [5.41, 5.74) is 1.50. The second-order valence-corrected chi connectivity index (χ2v) is 14.5. The zero-order valence-corrected chi connectivity index (χ0v) is 22.2. The van der Waals surface area contributed by atoms with E-state index in [1.54, 1.807) is 0 Å². The molecule has 3 heteroatoms. The number of rotatable bonds is 2. The van der Waals surface area contributed by atoms with Crippen molar-refractivity contribution < 1.29 is 15.0 Å². The third-order valence-electron chi connectivity index (χ3n) is 13.2. The minimum absolute atomic E-state index is 0.0276. The Labute approximate surface area is 201 Å². The van der Waals surface area contributed by atoms with Crippen LogP contribution in [0.2, 0.25) is 0 Å². The van der Waals surface area contributed by atoms with Gasteiger partial charge in [-0.05, 0) is 109 Å². The lowest BCUT2D eigenvalue weighted by atomic mass is 9.34. The van der Waals surface area contributed by atoms with Crippen molar-refractivity contribution in [1.82, 2.24) is 0 Å². The van der Waals surface area contributed by atoms with Gasteiger partial charge < -0.3 is 10.2 Å². The third kappa shape index (κ3) is 2.70. The minimum atomic E-state index is -0.555. The molecule has 0 aromatic heterocycles. The summed E-state index contributed by atoms with van der Waals surface area (Å²) in [7, 11) is 0. The van der Waals surface area contributed by atoms with E-state index in [4.69, 9.17) is 0 Å². The summed E-state index contributed by atoms with van der Waals surface area (Å²) in [6.45, 7) is 16.7. The molecule has 5 rings (SSSR count). The maximum atomic E-state index is 12.9. The van der Waals surface area contributed by atoms with E-state index in [1.807, 2.05) is 0 Å². The molecule has 0 saturated heterocycles. The molecule has 0 aromatic rings. The highest BCUT2D eigenvalue weighted by Gasteiger charge is 2.70. The molecular weight excluding hydrogens is 408 g/mol. The molecule has 5 aliphatic rings. The normalized spacial score (nSPS) is 52.9. The van der Waals surface area contributed by atoms with E-state index in [1.165, 1.54) is 18.4 Å². The fourth-order valence-corrected chi connectivity index (χ4v) is 11.2. The fourth-order valence-electron chi connectivity index (χ4n) is 11.2. The Kier molecular flexibility index (Phi) is 5.15. The Bertz CT molecular complexity index is 872. The Balaban J connectivity index is 1.58. The number of hydrogen-bond donors (Lipinski definition) is 2. The molecule has 0 spiro atoms. The predicted molar refractivity (Wildman–Crippen MR) is 133 cm³/mol. The summed E-state index contributed by atoms with van der Waals surface area (Å²) >= 11 is 0. The van der Waals surface area contributed by atoms with Crippen LogP contribution in [-0.4, -0.2) is 22.3 Å². The number of carboxylic acid groups (broad SMARTS) is 1. The highest BCUT2D eigenvalue weighted by atomic mass is 16.4. The van der Waals surface area contributed by atoms with E-state index >= 15 is 0 Å². The molecule has 4 saturated carbocycles. The van der Waals surface area contributed by atoms with Gasteiger partial charge in [0.2, 0.25) is 0 Å². The van der Waals surface area contributed by atoms with Gasteiger partial charge in [0.1, 0.15) is 0 Å². The summed E-state index contributed by atoms with van der Waals surface area (Å²) in [5.74, 6) is 1.58. The van der Waals surface area contributed by atoms with Crippen LogP contribution in [0.5, 0.6) is 0 Å². The van der Waals surface area contributed by atoms with Crippen LogP contribution >= 0.6 is 0 Å². The molecule has 4 fully saturated rings. The lowest BCUT2D eigenvalue weighted by molar-refractivity contribution is -0.203. The van der Waals surface area contributed by atoms with Crippen LogP contribution in [0.3, 0.4) is 0 Å². The Morgan fingerprint density at radius 2 is 1.64 bits per heavy atom. The number of aliphatic carboxylic acids is 1. The summed E-state index contributed by atoms with van der Waals surface area (Å²) in [4.78, 5) is 12.9. The Morgan fingerprint density at radius 1 is 0.939 bits per heavy atom.